The molecule has 1 aromatic rings. The number of aryl methyl sites for hydroxylation is 1. The van der Waals surface area contributed by atoms with Crippen molar-refractivity contribution >= 4 is 21.6 Å². The maximum absolute atomic E-state index is 12.0. The highest BCUT2D eigenvalue weighted by Gasteiger charge is 2.16. The molecule has 1 aromatic carbocycles. The molecule has 6 nitrogen and oxygen atoms in total. The van der Waals surface area contributed by atoms with Crippen molar-refractivity contribution in [1.82, 2.24) is 5.32 Å². The van der Waals surface area contributed by atoms with Crippen LogP contribution in [-0.2, 0) is 14.8 Å². The lowest BCUT2D eigenvalue weighted by molar-refractivity contribution is -0.116. The Morgan fingerprint density at radius 3 is 2.68 bits per heavy atom. The fourth-order valence-corrected chi connectivity index (χ4v) is 3.52. The van der Waals surface area contributed by atoms with Crippen LogP contribution in [0.4, 0.5) is 5.69 Å². The number of anilines is 1. The average Bonchev–Trinajstić information content (AvgIpc) is 2.47. The minimum absolute atomic E-state index is 0.0451. The summed E-state index contributed by atoms with van der Waals surface area (Å²) in [5.74, 6) is 0.493. The molecule has 0 radical (unpaired) electrons. The zero-order chi connectivity index (χ0) is 16.2. The Balaban J connectivity index is 1.94. The van der Waals surface area contributed by atoms with Gasteiger partial charge in [-0.15, -0.1) is 0 Å². The number of nitrogens with one attached hydrogen (secondary N) is 2. The molecule has 0 unspecified atom stereocenters. The van der Waals surface area contributed by atoms with Crippen molar-refractivity contribution in [2.24, 2.45) is 11.1 Å². The number of carbonyl (C=O) groups excluding carboxylic acids is 1. The highest BCUT2D eigenvalue weighted by Crippen LogP contribution is 2.21. The lowest BCUT2D eigenvalue weighted by atomic mass is 9.93. The second kappa shape index (κ2) is 7.21. The van der Waals surface area contributed by atoms with Gasteiger partial charge in [0.15, 0.2) is 0 Å². The van der Waals surface area contributed by atoms with Crippen LogP contribution in [0.5, 0.6) is 0 Å². The van der Waals surface area contributed by atoms with E-state index in [1.54, 1.807) is 19.1 Å². The lowest BCUT2D eigenvalue weighted by Crippen LogP contribution is -2.28. The predicted molar refractivity (Wildman–Crippen MR) is 86.0 cm³/mol. The third-order valence-electron chi connectivity index (χ3n) is 4.02. The Morgan fingerprint density at radius 2 is 2.05 bits per heavy atom. The average molecular weight is 325 g/mol. The molecule has 122 valence electrons. The number of piperidine rings is 1. The van der Waals surface area contributed by atoms with Gasteiger partial charge in [0.25, 0.3) is 0 Å². The van der Waals surface area contributed by atoms with E-state index in [0.717, 1.165) is 32.4 Å². The summed E-state index contributed by atoms with van der Waals surface area (Å²) < 4.78 is 23.0. The van der Waals surface area contributed by atoms with Gasteiger partial charge in [0.2, 0.25) is 15.9 Å². The minimum atomic E-state index is -3.78. The van der Waals surface area contributed by atoms with Crippen molar-refractivity contribution in [2.45, 2.75) is 37.5 Å². The minimum Gasteiger partial charge on any atom is -0.326 e. The fraction of sp³-hybridized carbons (Fsp3) is 0.533. The highest BCUT2D eigenvalue weighted by atomic mass is 32.2. The van der Waals surface area contributed by atoms with Crippen molar-refractivity contribution in [3.05, 3.63) is 23.8 Å². The van der Waals surface area contributed by atoms with Crippen molar-refractivity contribution in [3.8, 4) is 0 Å². The van der Waals surface area contributed by atoms with Crippen LogP contribution in [0.1, 0.15) is 31.2 Å². The lowest BCUT2D eigenvalue weighted by Gasteiger charge is -2.22. The largest absolute Gasteiger partial charge is 0.326 e. The molecule has 2 rings (SSSR count). The zero-order valence-electron chi connectivity index (χ0n) is 12.8. The summed E-state index contributed by atoms with van der Waals surface area (Å²) in [6.07, 6.45) is 3.52. The van der Waals surface area contributed by atoms with Gasteiger partial charge in [0.1, 0.15) is 0 Å². The molecule has 1 aliphatic heterocycles. The summed E-state index contributed by atoms with van der Waals surface area (Å²) in [6.45, 7) is 3.70. The van der Waals surface area contributed by atoms with E-state index in [9.17, 15) is 13.2 Å². The summed E-state index contributed by atoms with van der Waals surface area (Å²) in [4.78, 5) is 12.0. The molecule has 0 aliphatic carbocycles. The smallest absolute Gasteiger partial charge is 0.238 e. The molecule has 0 aromatic heterocycles. The van der Waals surface area contributed by atoms with Gasteiger partial charge in [-0.2, -0.15) is 0 Å². The quantitative estimate of drug-likeness (QED) is 0.761. The van der Waals surface area contributed by atoms with Gasteiger partial charge in [-0.3, -0.25) is 4.79 Å². The number of primary sulfonamides is 1. The molecular weight excluding hydrogens is 302 g/mol. The monoisotopic (exact) mass is 325 g/mol. The topological polar surface area (TPSA) is 101 Å². The Bertz CT molecular complexity index is 637. The molecule has 22 heavy (non-hydrogen) atoms. The van der Waals surface area contributed by atoms with Crippen LogP contribution in [0.15, 0.2) is 23.1 Å². The Morgan fingerprint density at radius 1 is 1.36 bits per heavy atom. The van der Waals surface area contributed by atoms with Crippen LogP contribution in [0, 0.1) is 12.8 Å². The number of hydrogen-bond donors (Lipinski definition) is 3. The third kappa shape index (κ3) is 4.79. The summed E-state index contributed by atoms with van der Waals surface area (Å²) >= 11 is 0. The summed E-state index contributed by atoms with van der Waals surface area (Å²) in [6, 6.07) is 4.74. The number of carbonyl (C=O) groups is 1. The van der Waals surface area contributed by atoms with Gasteiger partial charge < -0.3 is 10.6 Å². The highest BCUT2D eigenvalue weighted by molar-refractivity contribution is 7.89. The maximum atomic E-state index is 12.0. The van der Waals surface area contributed by atoms with Crippen molar-refractivity contribution in [2.75, 3.05) is 18.4 Å². The predicted octanol–water partition coefficient (Wildman–Crippen LogP) is 1.36. The van der Waals surface area contributed by atoms with Crippen LogP contribution in [0.3, 0.4) is 0 Å². The number of sulfonamides is 1. The van der Waals surface area contributed by atoms with E-state index in [1.807, 2.05) is 0 Å². The molecule has 1 aliphatic rings. The molecule has 0 atom stereocenters. The number of nitrogens with two attached hydrogens (primary N) is 1. The molecule has 1 fully saturated rings. The van der Waals surface area contributed by atoms with Crippen LogP contribution in [-0.4, -0.2) is 27.4 Å². The molecule has 1 saturated heterocycles. The van der Waals surface area contributed by atoms with Gasteiger partial charge in [-0.05, 0) is 62.9 Å². The van der Waals surface area contributed by atoms with Crippen LogP contribution in [0.25, 0.3) is 0 Å². The number of rotatable bonds is 5. The first kappa shape index (κ1) is 16.9. The normalized spacial score (nSPS) is 16.5. The van der Waals surface area contributed by atoms with E-state index in [-0.39, 0.29) is 10.8 Å². The molecule has 7 heteroatoms. The number of hydrogen-bond acceptors (Lipinski definition) is 4. The standard InChI is InChI=1S/C15H23N3O3S/c1-11-2-4-13(10-14(11)22(16,20)21)18-15(19)5-3-12-6-8-17-9-7-12/h2,4,10,12,17H,3,5-9H2,1H3,(H,18,19)(H2,16,20,21). The van der Waals surface area contributed by atoms with E-state index in [0.29, 0.717) is 23.6 Å². The second-order valence-corrected chi connectivity index (χ2v) is 7.34. The van der Waals surface area contributed by atoms with Gasteiger partial charge in [0.05, 0.1) is 4.90 Å². The second-order valence-electron chi connectivity index (χ2n) is 5.81. The van der Waals surface area contributed by atoms with Crippen molar-refractivity contribution < 1.29 is 13.2 Å². The van der Waals surface area contributed by atoms with E-state index in [4.69, 9.17) is 5.14 Å². The number of benzene rings is 1. The third-order valence-corrected chi connectivity index (χ3v) is 5.07. The van der Waals surface area contributed by atoms with Crippen LogP contribution >= 0.6 is 0 Å². The molecule has 0 saturated carbocycles. The van der Waals surface area contributed by atoms with E-state index in [2.05, 4.69) is 10.6 Å². The first-order chi connectivity index (χ1) is 10.4. The molecular formula is C15H23N3O3S. The van der Waals surface area contributed by atoms with Crippen LogP contribution in [0.2, 0.25) is 0 Å². The molecule has 0 bridgehead atoms. The van der Waals surface area contributed by atoms with Crippen LogP contribution < -0.4 is 15.8 Å². The Labute approximate surface area is 131 Å². The zero-order valence-corrected chi connectivity index (χ0v) is 13.6. The first-order valence-electron chi connectivity index (χ1n) is 7.50. The Hall–Kier alpha value is -1.44. The van der Waals surface area contributed by atoms with Crippen molar-refractivity contribution in [3.63, 3.8) is 0 Å². The molecule has 1 amide bonds. The molecule has 1 heterocycles. The fourth-order valence-electron chi connectivity index (χ4n) is 2.71. The van der Waals surface area contributed by atoms with E-state index in [1.165, 1.54) is 6.07 Å². The van der Waals surface area contributed by atoms with E-state index >= 15 is 0 Å². The van der Waals surface area contributed by atoms with Crippen molar-refractivity contribution in [1.29, 1.82) is 0 Å². The summed E-state index contributed by atoms with van der Waals surface area (Å²) in [5, 5.41) is 11.2. The van der Waals surface area contributed by atoms with E-state index < -0.39 is 10.0 Å². The summed E-state index contributed by atoms with van der Waals surface area (Å²) in [7, 11) is -3.78. The number of amides is 1. The molecule has 4 N–H and O–H groups in total. The SMILES string of the molecule is Cc1ccc(NC(=O)CCC2CCNCC2)cc1S(N)(=O)=O. The van der Waals surface area contributed by atoms with Gasteiger partial charge >= 0.3 is 0 Å². The van der Waals surface area contributed by atoms with Gasteiger partial charge in [-0.1, -0.05) is 6.07 Å². The van der Waals surface area contributed by atoms with Gasteiger partial charge in [0, 0.05) is 12.1 Å². The van der Waals surface area contributed by atoms with Gasteiger partial charge in [-0.25, -0.2) is 13.6 Å². The first-order valence-corrected chi connectivity index (χ1v) is 9.05. The molecule has 0 spiro atoms. The maximum Gasteiger partial charge on any atom is 0.238 e. The Kier molecular flexibility index (Phi) is 5.55. The summed E-state index contributed by atoms with van der Waals surface area (Å²) in [5.41, 5.74) is 1.03.